The fourth-order valence-electron chi connectivity index (χ4n) is 3.44. The molecule has 1 aromatic carbocycles. The highest BCUT2D eigenvalue weighted by Crippen LogP contribution is 2.34. The molecule has 3 rings (SSSR count). The molecule has 0 aromatic heterocycles. The summed E-state index contributed by atoms with van der Waals surface area (Å²) in [6, 6.07) is 5.46. The van der Waals surface area contributed by atoms with Crippen LogP contribution in [0.15, 0.2) is 24.3 Å². The molecule has 1 unspecified atom stereocenters. The van der Waals surface area contributed by atoms with Crippen molar-refractivity contribution in [3.05, 3.63) is 35.6 Å². The van der Waals surface area contributed by atoms with Gasteiger partial charge in [-0.15, -0.1) is 0 Å². The first-order valence-corrected chi connectivity index (χ1v) is 9.60. The first-order chi connectivity index (χ1) is 13.0. The number of halogens is 1. The monoisotopic (exact) mass is 375 g/mol. The predicted molar refractivity (Wildman–Crippen MR) is 98.0 cm³/mol. The average Bonchev–Trinajstić information content (AvgIpc) is 3.41. The molecule has 1 heterocycles. The maximum absolute atomic E-state index is 12.9. The normalized spacial score (nSPS) is 19.0. The van der Waals surface area contributed by atoms with Gasteiger partial charge in [0.25, 0.3) is 0 Å². The fourth-order valence-corrected chi connectivity index (χ4v) is 3.44. The lowest BCUT2D eigenvalue weighted by atomic mass is 10.1. The van der Waals surface area contributed by atoms with Crippen molar-refractivity contribution >= 4 is 17.7 Å². The third kappa shape index (κ3) is 4.84. The van der Waals surface area contributed by atoms with Crippen LogP contribution in [0.3, 0.4) is 0 Å². The van der Waals surface area contributed by atoms with E-state index in [1.807, 2.05) is 6.92 Å². The number of carbonyl (C=O) groups excluding carboxylic acids is 3. The van der Waals surface area contributed by atoms with Crippen molar-refractivity contribution in [1.29, 1.82) is 0 Å². The van der Waals surface area contributed by atoms with E-state index >= 15 is 0 Å². The second-order valence-corrected chi connectivity index (χ2v) is 7.22. The molecule has 6 nitrogen and oxygen atoms in total. The highest BCUT2D eigenvalue weighted by molar-refractivity contribution is 5.92. The smallest absolute Gasteiger partial charge is 0.245 e. The van der Waals surface area contributed by atoms with E-state index in [1.54, 1.807) is 17.0 Å². The van der Waals surface area contributed by atoms with Crippen LogP contribution in [0.5, 0.6) is 0 Å². The summed E-state index contributed by atoms with van der Waals surface area (Å²) in [6.07, 6.45) is 3.31. The molecule has 1 aliphatic carbocycles. The SMILES string of the molecule is CCN(CC(=O)NCc1ccc(F)cc1)C(=O)C1CCCN1C(=O)C1CC1. The number of amides is 3. The van der Waals surface area contributed by atoms with Crippen LogP contribution in [0.4, 0.5) is 4.39 Å². The first kappa shape index (κ1) is 19.3. The van der Waals surface area contributed by atoms with Gasteiger partial charge in [-0.2, -0.15) is 0 Å². The molecule has 1 saturated heterocycles. The van der Waals surface area contributed by atoms with Crippen LogP contribution in [0.2, 0.25) is 0 Å². The van der Waals surface area contributed by atoms with Gasteiger partial charge < -0.3 is 15.1 Å². The molecule has 27 heavy (non-hydrogen) atoms. The number of nitrogens with zero attached hydrogens (tertiary/aromatic N) is 2. The maximum atomic E-state index is 12.9. The molecule has 0 radical (unpaired) electrons. The van der Waals surface area contributed by atoms with E-state index < -0.39 is 6.04 Å². The van der Waals surface area contributed by atoms with E-state index in [4.69, 9.17) is 0 Å². The van der Waals surface area contributed by atoms with E-state index in [1.165, 1.54) is 17.0 Å². The quantitative estimate of drug-likeness (QED) is 0.789. The maximum Gasteiger partial charge on any atom is 0.245 e. The summed E-state index contributed by atoms with van der Waals surface area (Å²) in [5, 5.41) is 2.76. The van der Waals surface area contributed by atoms with Gasteiger partial charge in [-0.1, -0.05) is 12.1 Å². The summed E-state index contributed by atoms with van der Waals surface area (Å²) in [5.41, 5.74) is 0.788. The average molecular weight is 375 g/mol. The third-order valence-electron chi connectivity index (χ3n) is 5.18. The summed E-state index contributed by atoms with van der Waals surface area (Å²) < 4.78 is 12.9. The van der Waals surface area contributed by atoms with Crippen molar-refractivity contribution in [3.63, 3.8) is 0 Å². The Hall–Kier alpha value is -2.44. The molecular weight excluding hydrogens is 349 g/mol. The molecule has 7 heteroatoms. The van der Waals surface area contributed by atoms with Crippen LogP contribution in [-0.4, -0.2) is 53.2 Å². The summed E-state index contributed by atoms with van der Waals surface area (Å²) >= 11 is 0. The highest BCUT2D eigenvalue weighted by Gasteiger charge is 2.42. The molecule has 2 aliphatic rings. The van der Waals surface area contributed by atoms with E-state index in [0.29, 0.717) is 19.5 Å². The van der Waals surface area contributed by atoms with Crippen molar-refractivity contribution < 1.29 is 18.8 Å². The summed E-state index contributed by atoms with van der Waals surface area (Å²) in [4.78, 5) is 40.7. The second-order valence-electron chi connectivity index (χ2n) is 7.22. The van der Waals surface area contributed by atoms with Gasteiger partial charge >= 0.3 is 0 Å². The summed E-state index contributed by atoms with van der Waals surface area (Å²) in [6.45, 7) is 3.09. The van der Waals surface area contributed by atoms with Crippen molar-refractivity contribution in [1.82, 2.24) is 15.1 Å². The van der Waals surface area contributed by atoms with Crippen LogP contribution in [-0.2, 0) is 20.9 Å². The van der Waals surface area contributed by atoms with Gasteiger partial charge in [0.1, 0.15) is 11.9 Å². The molecule has 1 N–H and O–H groups in total. The summed E-state index contributed by atoms with van der Waals surface area (Å²) in [5.74, 6) is -0.571. The van der Waals surface area contributed by atoms with Crippen LogP contribution in [0.1, 0.15) is 38.2 Å². The molecular formula is C20H26FN3O3. The molecule has 0 bridgehead atoms. The Labute approximate surface area is 158 Å². The molecule has 3 amide bonds. The first-order valence-electron chi connectivity index (χ1n) is 9.60. The van der Waals surface area contributed by atoms with Crippen LogP contribution in [0.25, 0.3) is 0 Å². The Kier molecular flexibility index (Phi) is 6.08. The Morgan fingerprint density at radius 1 is 1.19 bits per heavy atom. The fraction of sp³-hybridized carbons (Fsp3) is 0.550. The van der Waals surface area contributed by atoms with Crippen molar-refractivity contribution in [2.75, 3.05) is 19.6 Å². The zero-order chi connectivity index (χ0) is 19.4. The molecule has 1 aliphatic heterocycles. The van der Waals surface area contributed by atoms with Crippen molar-refractivity contribution in [2.24, 2.45) is 5.92 Å². The molecule has 0 spiro atoms. The standard InChI is InChI=1S/C20H26FN3O3/c1-2-23(13-18(25)22-12-14-5-9-16(21)10-6-14)20(27)17-4-3-11-24(17)19(26)15-7-8-15/h5-6,9-10,15,17H,2-4,7-8,11-13H2,1H3,(H,22,25). The molecule has 146 valence electrons. The van der Waals surface area contributed by atoms with Crippen molar-refractivity contribution in [3.8, 4) is 0 Å². The lowest BCUT2D eigenvalue weighted by molar-refractivity contribution is -0.145. The largest absolute Gasteiger partial charge is 0.350 e. The minimum atomic E-state index is -0.442. The van der Waals surface area contributed by atoms with Gasteiger partial charge in [0.15, 0.2) is 0 Å². The minimum Gasteiger partial charge on any atom is -0.350 e. The van der Waals surface area contributed by atoms with Gasteiger partial charge in [-0.25, -0.2) is 4.39 Å². The molecule has 2 fully saturated rings. The predicted octanol–water partition coefficient (Wildman–Crippen LogP) is 1.69. The Morgan fingerprint density at radius 2 is 1.89 bits per heavy atom. The summed E-state index contributed by atoms with van der Waals surface area (Å²) in [7, 11) is 0. The second kappa shape index (κ2) is 8.50. The van der Waals surface area contributed by atoms with Crippen molar-refractivity contribution in [2.45, 2.75) is 45.2 Å². The van der Waals surface area contributed by atoms with Gasteiger partial charge in [-0.3, -0.25) is 14.4 Å². The van der Waals surface area contributed by atoms with Gasteiger partial charge in [0, 0.05) is 25.6 Å². The minimum absolute atomic E-state index is 0.0432. The van der Waals surface area contributed by atoms with E-state index in [0.717, 1.165) is 24.8 Å². The topological polar surface area (TPSA) is 69.7 Å². The number of nitrogens with one attached hydrogen (secondary N) is 1. The number of benzene rings is 1. The third-order valence-corrected chi connectivity index (χ3v) is 5.18. The number of rotatable bonds is 7. The number of hydrogen-bond donors (Lipinski definition) is 1. The van der Waals surface area contributed by atoms with Gasteiger partial charge in [0.05, 0.1) is 6.54 Å². The molecule has 1 saturated carbocycles. The Bertz CT molecular complexity index is 703. The number of likely N-dealkylation sites (N-methyl/N-ethyl adjacent to an activating group) is 1. The number of hydrogen-bond acceptors (Lipinski definition) is 3. The number of carbonyl (C=O) groups is 3. The van der Waals surface area contributed by atoms with Crippen LogP contribution < -0.4 is 5.32 Å². The van der Waals surface area contributed by atoms with E-state index in [2.05, 4.69) is 5.32 Å². The Balaban J connectivity index is 1.53. The molecule has 1 aromatic rings. The number of likely N-dealkylation sites (tertiary alicyclic amines) is 1. The van der Waals surface area contributed by atoms with Crippen LogP contribution in [0, 0.1) is 11.7 Å². The van der Waals surface area contributed by atoms with E-state index in [9.17, 15) is 18.8 Å². The van der Waals surface area contributed by atoms with E-state index in [-0.39, 0.29) is 42.5 Å². The Morgan fingerprint density at radius 3 is 2.52 bits per heavy atom. The highest BCUT2D eigenvalue weighted by atomic mass is 19.1. The lowest BCUT2D eigenvalue weighted by Crippen LogP contribution is -2.50. The van der Waals surface area contributed by atoms with Gasteiger partial charge in [0.2, 0.25) is 17.7 Å². The molecule has 1 atom stereocenters. The van der Waals surface area contributed by atoms with Crippen LogP contribution >= 0.6 is 0 Å². The lowest BCUT2D eigenvalue weighted by Gasteiger charge is -2.29. The zero-order valence-corrected chi connectivity index (χ0v) is 15.6. The zero-order valence-electron chi connectivity index (χ0n) is 15.6. The van der Waals surface area contributed by atoms with Gasteiger partial charge in [-0.05, 0) is 50.3 Å².